The minimum absolute atomic E-state index is 0. The summed E-state index contributed by atoms with van der Waals surface area (Å²) >= 11 is 0. The fraction of sp³-hybridized carbons (Fsp3) is 0.333. The molecule has 4 aromatic carbocycles. The second-order valence-electron chi connectivity index (χ2n) is 13.2. The van der Waals surface area contributed by atoms with E-state index in [-0.39, 0.29) is 39.5 Å². The first-order chi connectivity index (χ1) is 20.6. The first kappa shape index (κ1) is 41.0. The van der Waals surface area contributed by atoms with Gasteiger partial charge in [-0.15, -0.1) is 6.92 Å². The minimum Gasteiger partial charge on any atom is -1.00 e. The number of aromatic hydroxyl groups is 2. The van der Waals surface area contributed by atoms with Gasteiger partial charge in [0.1, 0.15) is 11.5 Å². The van der Waals surface area contributed by atoms with Crippen LogP contribution in [0.2, 0.25) is 0 Å². The predicted molar refractivity (Wildman–Crippen MR) is 189 cm³/mol. The maximum absolute atomic E-state index is 9.99. The van der Waals surface area contributed by atoms with Crippen molar-refractivity contribution in [2.75, 3.05) is 0 Å². The quantitative estimate of drug-likeness (QED) is 0.168. The van der Waals surface area contributed by atoms with Crippen molar-refractivity contribution < 1.29 is 44.3 Å². The van der Waals surface area contributed by atoms with E-state index in [9.17, 15) is 10.2 Å². The van der Waals surface area contributed by atoms with Crippen LogP contribution in [0.25, 0.3) is 22.3 Å². The third-order valence-corrected chi connectivity index (χ3v) is 8.61. The molecule has 0 bridgehead atoms. The molecule has 0 aliphatic heterocycles. The van der Waals surface area contributed by atoms with Crippen molar-refractivity contribution in [1.29, 1.82) is 0 Å². The van der Waals surface area contributed by atoms with Crippen molar-refractivity contribution in [1.82, 2.24) is 0 Å². The van der Waals surface area contributed by atoms with E-state index in [4.69, 9.17) is 0 Å². The number of phenols is 2. The van der Waals surface area contributed by atoms with Crippen LogP contribution in [0.15, 0.2) is 102 Å². The Morgan fingerprint density at radius 3 is 1.22 bits per heavy atom. The van der Waals surface area contributed by atoms with Gasteiger partial charge < -0.3 is 22.6 Å². The third-order valence-electron chi connectivity index (χ3n) is 8.61. The molecule has 0 aromatic heterocycles. The molecule has 0 saturated heterocycles. The number of aryl methyl sites for hydroxylation is 2. The van der Waals surface area contributed by atoms with Crippen LogP contribution in [-0.4, -0.2) is 10.2 Å². The van der Waals surface area contributed by atoms with Gasteiger partial charge in [-0.05, 0) is 72.2 Å². The van der Waals surface area contributed by atoms with Gasteiger partial charge in [0.25, 0.3) is 0 Å². The van der Waals surface area contributed by atoms with E-state index >= 15 is 0 Å². The molecule has 0 atom stereocenters. The molecule has 0 unspecified atom stereocenters. The van der Waals surface area contributed by atoms with E-state index in [1.807, 2.05) is 62.4 Å². The second-order valence-corrected chi connectivity index (χ2v) is 13.2. The molecule has 4 heteroatoms. The summed E-state index contributed by atoms with van der Waals surface area (Å²) in [5, 5.41) is 20.0. The van der Waals surface area contributed by atoms with E-state index in [1.165, 1.54) is 27.8 Å². The normalized spacial score (nSPS) is 13.1. The molecule has 2 nitrogen and oxygen atoms in total. The van der Waals surface area contributed by atoms with E-state index < -0.39 is 0 Å². The molecular formula is C42H51ClO2Ti. The SMILES string of the molecule is CC1=[C-]C(C)(C)C(C)=C1C.Cc1ccc(O)c(-c2ccccc2C(C)C)c1.Cc1ccc(O)c(-c2ccccc2C(C)C)c1.[Cl-].[Ti+2]. The number of benzene rings is 4. The van der Waals surface area contributed by atoms with Crippen LogP contribution in [-0.2, 0) is 21.7 Å². The van der Waals surface area contributed by atoms with Gasteiger partial charge >= 0.3 is 21.7 Å². The molecule has 0 radical (unpaired) electrons. The summed E-state index contributed by atoms with van der Waals surface area (Å²) in [7, 11) is 0. The van der Waals surface area contributed by atoms with Crippen LogP contribution < -0.4 is 12.4 Å². The molecule has 0 spiro atoms. The molecule has 0 fully saturated rings. The van der Waals surface area contributed by atoms with Crippen molar-refractivity contribution in [3.63, 3.8) is 0 Å². The number of hydrogen-bond donors (Lipinski definition) is 2. The van der Waals surface area contributed by atoms with Crippen molar-refractivity contribution >= 4 is 0 Å². The molecule has 0 amide bonds. The smallest absolute Gasteiger partial charge is 1.00 e. The summed E-state index contributed by atoms with van der Waals surface area (Å²) in [6, 6.07) is 28.0. The van der Waals surface area contributed by atoms with Gasteiger partial charge in [-0.3, -0.25) is 6.08 Å². The summed E-state index contributed by atoms with van der Waals surface area (Å²) in [6.07, 6.45) is 3.44. The zero-order chi connectivity index (χ0) is 32.8. The van der Waals surface area contributed by atoms with Gasteiger partial charge in [-0.1, -0.05) is 133 Å². The maximum atomic E-state index is 9.99. The monoisotopic (exact) mass is 670 g/mol. The molecule has 0 heterocycles. The molecule has 2 N–H and O–H groups in total. The molecule has 4 aromatic rings. The average Bonchev–Trinajstić information content (AvgIpc) is 3.16. The Bertz CT molecular complexity index is 1560. The van der Waals surface area contributed by atoms with Crippen molar-refractivity contribution in [3.05, 3.63) is 130 Å². The third kappa shape index (κ3) is 10.2. The van der Waals surface area contributed by atoms with Crippen molar-refractivity contribution in [2.45, 2.75) is 88.0 Å². The Morgan fingerprint density at radius 1 is 0.565 bits per heavy atom. The summed E-state index contributed by atoms with van der Waals surface area (Å²) < 4.78 is 0. The topological polar surface area (TPSA) is 40.5 Å². The van der Waals surface area contributed by atoms with E-state index in [2.05, 4.69) is 92.7 Å². The maximum Gasteiger partial charge on any atom is 2.00 e. The molecule has 46 heavy (non-hydrogen) atoms. The zero-order valence-corrected chi connectivity index (χ0v) is 31.8. The minimum atomic E-state index is 0. The van der Waals surface area contributed by atoms with Crippen LogP contribution in [0.1, 0.15) is 96.4 Å². The molecular weight excluding hydrogens is 620 g/mol. The Hall–Kier alpha value is -3.04. The van der Waals surface area contributed by atoms with Crippen LogP contribution >= 0.6 is 0 Å². The van der Waals surface area contributed by atoms with Crippen LogP contribution in [0.3, 0.4) is 0 Å². The Labute approximate surface area is 300 Å². The summed E-state index contributed by atoms with van der Waals surface area (Å²) in [5.41, 5.74) is 13.4. The largest absolute Gasteiger partial charge is 2.00 e. The number of halogens is 1. The van der Waals surface area contributed by atoms with E-state index in [0.29, 0.717) is 23.3 Å². The second kappa shape index (κ2) is 17.8. The van der Waals surface area contributed by atoms with Gasteiger partial charge in [0.05, 0.1) is 0 Å². The molecule has 0 saturated carbocycles. The van der Waals surface area contributed by atoms with Gasteiger partial charge in [-0.25, -0.2) is 5.57 Å². The fourth-order valence-corrected chi connectivity index (χ4v) is 5.63. The zero-order valence-electron chi connectivity index (χ0n) is 29.5. The molecule has 1 aliphatic rings. The number of phenolic OH excluding ortho intramolecular Hbond substituents is 2. The fourth-order valence-electron chi connectivity index (χ4n) is 5.63. The standard InChI is InChI=1S/2C16H18O.C10H15.ClH.Ti/c2*1-11(2)13-6-4-5-7-14(13)15-10-12(3)8-9-16(15)17;1-7-6-10(4,5)9(3)8(7)2;;/h2*4-11,17H,1-3H3;1-5H3;1H;/q;;-1;;+2/p-1. The van der Waals surface area contributed by atoms with Crippen LogP contribution in [0.5, 0.6) is 11.5 Å². The van der Waals surface area contributed by atoms with Gasteiger partial charge in [0.15, 0.2) is 0 Å². The van der Waals surface area contributed by atoms with Crippen LogP contribution in [0, 0.1) is 25.3 Å². The Balaban J connectivity index is 0.000000349. The van der Waals surface area contributed by atoms with Crippen molar-refractivity contribution in [2.24, 2.45) is 5.41 Å². The van der Waals surface area contributed by atoms with Crippen molar-refractivity contribution in [3.8, 4) is 33.8 Å². The first-order valence-electron chi connectivity index (χ1n) is 15.7. The number of allylic oxidation sites excluding steroid dienone is 4. The predicted octanol–water partition coefficient (Wildman–Crippen LogP) is 9.10. The number of rotatable bonds is 4. The van der Waals surface area contributed by atoms with E-state index in [1.54, 1.807) is 12.1 Å². The molecule has 242 valence electrons. The molecule has 1 aliphatic carbocycles. The van der Waals surface area contributed by atoms with Crippen LogP contribution in [0.4, 0.5) is 0 Å². The van der Waals surface area contributed by atoms with Gasteiger partial charge in [0.2, 0.25) is 0 Å². The average molecular weight is 671 g/mol. The van der Waals surface area contributed by atoms with Gasteiger partial charge in [-0.2, -0.15) is 11.1 Å². The summed E-state index contributed by atoms with van der Waals surface area (Å²) in [5.74, 6) is 1.60. The Morgan fingerprint density at radius 2 is 0.935 bits per heavy atom. The Kier molecular flexibility index (Phi) is 15.8. The summed E-state index contributed by atoms with van der Waals surface area (Å²) in [6.45, 7) is 23.7. The summed E-state index contributed by atoms with van der Waals surface area (Å²) in [4.78, 5) is 0. The van der Waals surface area contributed by atoms with E-state index in [0.717, 1.165) is 33.4 Å². The first-order valence-corrected chi connectivity index (χ1v) is 15.7. The molecule has 5 rings (SSSR count). The van der Waals surface area contributed by atoms with Gasteiger partial charge in [0, 0.05) is 11.1 Å². The number of hydrogen-bond acceptors (Lipinski definition) is 2.